The SMILES string of the molecule is CCc1ccc(S(=O)(=O)N(c2cc(C)c(Cl)cc2OCc2ccc(C(=O)O)cc2Cl)C(C)C)o1. The second-order valence-corrected chi connectivity index (χ2v) is 10.5. The first kappa shape index (κ1) is 25.9. The molecule has 0 aliphatic heterocycles. The molecule has 2 aromatic carbocycles. The molecule has 0 saturated carbocycles. The number of sulfonamides is 1. The third kappa shape index (κ3) is 5.35. The van der Waals surface area contributed by atoms with Crippen molar-refractivity contribution in [1.29, 1.82) is 0 Å². The Morgan fingerprint density at radius 1 is 1.12 bits per heavy atom. The van der Waals surface area contributed by atoms with E-state index in [0.29, 0.717) is 34.0 Å². The van der Waals surface area contributed by atoms with Crippen LogP contribution in [0.25, 0.3) is 0 Å². The number of hydrogen-bond acceptors (Lipinski definition) is 5. The van der Waals surface area contributed by atoms with Crippen molar-refractivity contribution < 1.29 is 27.5 Å². The molecule has 0 amide bonds. The predicted octanol–water partition coefficient (Wildman–Crippen LogP) is 6.34. The van der Waals surface area contributed by atoms with Gasteiger partial charge in [-0.3, -0.25) is 4.31 Å². The van der Waals surface area contributed by atoms with Crippen molar-refractivity contribution in [2.75, 3.05) is 4.31 Å². The van der Waals surface area contributed by atoms with Gasteiger partial charge in [-0.15, -0.1) is 0 Å². The van der Waals surface area contributed by atoms with Gasteiger partial charge in [0.1, 0.15) is 18.1 Å². The molecule has 1 N–H and O–H groups in total. The number of anilines is 1. The molecular formula is C24H25Cl2NO6S. The van der Waals surface area contributed by atoms with Crippen LogP contribution in [0, 0.1) is 6.92 Å². The number of halogens is 2. The number of aromatic carboxylic acids is 1. The van der Waals surface area contributed by atoms with E-state index in [1.807, 2.05) is 6.92 Å². The molecule has 182 valence electrons. The van der Waals surface area contributed by atoms with Gasteiger partial charge >= 0.3 is 5.97 Å². The molecule has 10 heteroatoms. The minimum absolute atomic E-state index is 0.0299. The zero-order chi connectivity index (χ0) is 25.2. The predicted molar refractivity (Wildman–Crippen MR) is 132 cm³/mol. The Kier molecular flexibility index (Phi) is 7.85. The van der Waals surface area contributed by atoms with Gasteiger partial charge in [-0.05, 0) is 56.7 Å². The molecule has 0 fully saturated rings. The Hall–Kier alpha value is -2.68. The maximum Gasteiger partial charge on any atom is 0.335 e. The Morgan fingerprint density at radius 2 is 1.82 bits per heavy atom. The highest BCUT2D eigenvalue weighted by atomic mass is 35.5. The summed E-state index contributed by atoms with van der Waals surface area (Å²) < 4.78 is 39.9. The Labute approximate surface area is 208 Å². The van der Waals surface area contributed by atoms with Gasteiger partial charge in [-0.2, -0.15) is 8.42 Å². The van der Waals surface area contributed by atoms with Crippen molar-refractivity contribution in [3.8, 4) is 5.75 Å². The second kappa shape index (κ2) is 10.3. The van der Waals surface area contributed by atoms with E-state index < -0.39 is 22.0 Å². The summed E-state index contributed by atoms with van der Waals surface area (Å²) in [7, 11) is -4.05. The highest BCUT2D eigenvalue weighted by molar-refractivity contribution is 7.92. The van der Waals surface area contributed by atoms with Crippen molar-refractivity contribution in [1.82, 2.24) is 0 Å². The summed E-state index contributed by atoms with van der Waals surface area (Å²) in [5.74, 6) is -0.303. The van der Waals surface area contributed by atoms with Crippen molar-refractivity contribution in [3.05, 3.63) is 75.0 Å². The summed E-state index contributed by atoms with van der Waals surface area (Å²) in [6.45, 7) is 7.10. The molecule has 0 bridgehead atoms. The molecule has 0 aliphatic carbocycles. The highest BCUT2D eigenvalue weighted by Gasteiger charge is 2.33. The molecule has 3 rings (SSSR count). The molecule has 0 aliphatic rings. The van der Waals surface area contributed by atoms with E-state index in [9.17, 15) is 13.2 Å². The third-order valence-corrected chi connectivity index (χ3v) is 7.75. The Bertz CT molecular complexity index is 1320. The van der Waals surface area contributed by atoms with Crippen LogP contribution in [-0.2, 0) is 23.1 Å². The quantitative estimate of drug-likeness (QED) is 0.350. The van der Waals surface area contributed by atoms with Crippen molar-refractivity contribution in [3.63, 3.8) is 0 Å². The number of aryl methyl sites for hydroxylation is 2. The van der Waals surface area contributed by atoms with E-state index in [4.69, 9.17) is 37.5 Å². The van der Waals surface area contributed by atoms with Crippen LogP contribution in [0.3, 0.4) is 0 Å². The topological polar surface area (TPSA) is 97.0 Å². The molecule has 3 aromatic rings. The molecule has 1 aromatic heterocycles. The van der Waals surface area contributed by atoms with E-state index in [-0.39, 0.29) is 28.0 Å². The lowest BCUT2D eigenvalue weighted by atomic mass is 10.1. The second-order valence-electron chi connectivity index (χ2n) is 7.94. The molecule has 34 heavy (non-hydrogen) atoms. The van der Waals surface area contributed by atoms with Crippen LogP contribution in [0.5, 0.6) is 5.75 Å². The van der Waals surface area contributed by atoms with Crippen molar-refractivity contribution in [2.24, 2.45) is 0 Å². The third-order valence-electron chi connectivity index (χ3n) is 5.13. The number of carboxylic acids is 1. The van der Waals surface area contributed by atoms with Gasteiger partial charge in [0.05, 0.1) is 11.3 Å². The summed E-state index contributed by atoms with van der Waals surface area (Å²) in [4.78, 5) is 11.2. The van der Waals surface area contributed by atoms with Gasteiger partial charge in [0, 0.05) is 34.1 Å². The van der Waals surface area contributed by atoms with Crippen LogP contribution < -0.4 is 9.04 Å². The molecule has 7 nitrogen and oxygen atoms in total. The summed E-state index contributed by atoms with van der Waals surface area (Å²) in [6, 6.07) is 10.1. The number of nitrogens with zero attached hydrogens (tertiary/aromatic N) is 1. The van der Waals surface area contributed by atoms with Crippen molar-refractivity contribution in [2.45, 2.75) is 51.9 Å². The van der Waals surface area contributed by atoms with Gasteiger partial charge < -0.3 is 14.3 Å². The lowest BCUT2D eigenvalue weighted by Crippen LogP contribution is -2.37. The first-order chi connectivity index (χ1) is 15.9. The molecule has 0 atom stereocenters. The number of furan rings is 1. The van der Waals surface area contributed by atoms with Gasteiger partial charge in [0.2, 0.25) is 5.09 Å². The average Bonchev–Trinajstić information content (AvgIpc) is 3.25. The molecular weight excluding hydrogens is 501 g/mol. The molecule has 0 saturated heterocycles. The van der Waals surface area contributed by atoms with Gasteiger partial charge in [0.25, 0.3) is 10.0 Å². The fourth-order valence-electron chi connectivity index (χ4n) is 3.36. The number of hydrogen-bond donors (Lipinski definition) is 1. The van der Waals surface area contributed by atoms with Gasteiger partial charge in [0.15, 0.2) is 0 Å². The number of carbonyl (C=O) groups is 1. The maximum absolute atomic E-state index is 13.5. The van der Waals surface area contributed by atoms with Crippen LogP contribution in [0.4, 0.5) is 5.69 Å². The lowest BCUT2D eigenvalue weighted by Gasteiger charge is -2.29. The average molecular weight is 526 g/mol. The van der Waals surface area contributed by atoms with Crippen LogP contribution in [-0.4, -0.2) is 25.5 Å². The standard InChI is InChI=1S/C24H25Cl2NO6S/c1-5-18-8-9-23(33-18)34(30,31)27(14(2)3)21-10-15(4)19(25)12-22(21)32-13-17-7-6-16(24(28)29)11-20(17)26/h6-12,14H,5,13H2,1-4H3,(H,28,29). The molecule has 0 radical (unpaired) electrons. The number of benzene rings is 2. The molecule has 0 spiro atoms. The number of rotatable bonds is 9. The first-order valence-corrected chi connectivity index (χ1v) is 12.7. The molecule has 1 heterocycles. The smallest absolute Gasteiger partial charge is 0.335 e. The van der Waals surface area contributed by atoms with E-state index in [1.54, 1.807) is 45.0 Å². The summed E-state index contributed by atoms with van der Waals surface area (Å²) in [6.07, 6.45) is 0.563. The van der Waals surface area contributed by atoms with E-state index in [0.717, 1.165) is 0 Å². The zero-order valence-corrected chi connectivity index (χ0v) is 21.5. The summed E-state index contributed by atoms with van der Waals surface area (Å²) in [5.41, 5.74) is 1.55. The van der Waals surface area contributed by atoms with Crippen molar-refractivity contribution >= 4 is 44.9 Å². The lowest BCUT2D eigenvalue weighted by molar-refractivity contribution is 0.0696. The van der Waals surface area contributed by atoms with E-state index in [2.05, 4.69) is 0 Å². The fourth-order valence-corrected chi connectivity index (χ4v) is 5.35. The Balaban J connectivity index is 2.03. The minimum Gasteiger partial charge on any atom is -0.487 e. The summed E-state index contributed by atoms with van der Waals surface area (Å²) >= 11 is 12.6. The normalized spacial score (nSPS) is 11.6. The summed E-state index contributed by atoms with van der Waals surface area (Å²) in [5, 5.41) is 9.58. The molecule has 0 unspecified atom stereocenters. The highest BCUT2D eigenvalue weighted by Crippen LogP contribution is 2.39. The number of ether oxygens (including phenoxy) is 1. The first-order valence-electron chi connectivity index (χ1n) is 10.5. The number of carboxylic acid groups (broad SMARTS) is 1. The largest absolute Gasteiger partial charge is 0.487 e. The fraction of sp³-hybridized carbons (Fsp3) is 0.292. The van der Waals surface area contributed by atoms with E-state index >= 15 is 0 Å². The maximum atomic E-state index is 13.5. The zero-order valence-electron chi connectivity index (χ0n) is 19.1. The van der Waals surface area contributed by atoms with Crippen LogP contribution in [0.1, 0.15) is 48.0 Å². The van der Waals surface area contributed by atoms with Gasteiger partial charge in [-0.25, -0.2) is 4.79 Å². The van der Waals surface area contributed by atoms with Gasteiger partial charge in [-0.1, -0.05) is 36.2 Å². The monoisotopic (exact) mass is 525 g/mol. The van der Waals surface area contributed by atoms with Crippen LogP contribution in [0.2, 0.25) is 10.0 Å². The Morgan fingerprint density at radius 3 is 2.38 bits per heavy atom. The van der Waals surface area contributed by atoms with Crippen LogP contribution in [0.15, 0.2) is 52.0 Å². The minimum atomic E-state index is -4.05. The van der Waals surface area contributed by atoms with E-state index in [1.165, 1.54) is 22.5 Å². The van der Waals surface area contributed by atoms with Crippen LogP contribution >= 0.6 is 23.2 Å².